The van der Waals surface area contributed by atoms with Crippen LogP contribution in [0.3, 0.4) is 0 Å². The van der Waals surface area contributed by atoms with Gasteiger partial charge in [-0.3, -0.25) is 0 Å². The normalized spacial score (nSPS) is 24.2. The topological polar surface area (TPSA) is 63.4 Å². The molecule has 0 bridgehead atoms. The number of hydrogen-bond donors (Lipinski definition) is 1. The number of halogens is 1. The molecule has 2 N–H and O–H groups in total. The van der Waals surface area contributed by atoms with Crippen molar-refractivity contribution in [3.63, 3.8) is 0 Å². The van der Waals surface area contributed by atoms with Gasteiger partial charge in [0.05, 0.1) is 4.90 Å². The fourth-order valence-electron chi connectivity index (χ4n) is 3.17. The van der Waals surface area contributed by atoms with E-state index in [1.54, 1.807) is 23.4 Å². The molecule has 1 fully saturated rings. The third kappa shape index (κ3) is 3.11. The second-order valence-electron chi connectivity index (χ2n) is 5.86. The molecule has 0 aliphatic carbocycles. The van der Waals surface area contributed by atoms with Crippen molar-refractivity contribution in [3.8, 4) is 0 Å². The Hall–Kier alpha value is -0.620. The van der Waals surface area contributed by atoms with E-state index >= 15 is 0 Å². The van der Waals surface area contributed by atoms with Gasteiger partial charge in [-0.25, -0.2) is 8.42 Å². The van der Waals surface area contributed by atoms with E-state index in [0.29, 0.717) is 10.6 Å². The van der Waals surface area contributed by atoms with Crippen molar-refractivity contribution < 1.29 is 8.42 Å². The number of nitrogens with two attached hydrogens (primary N) is 1. The van der Waals surface area contributed by atoms with Crippen molar-refractivity contribution in [3.05, 3.63) is 28.3 Å². The smallest absolute Gasteiger partial charge is 0.243 e. The van der Waals surface area contributed by atoms with Crippen molar-refractivity contribution in [1.29, 1.82) is 0 Å². The van der Waals surface area contributed by atoms with Crippen LogP contribution in [-0.2, 0) is 16.6 Å². The Bertz CT molecular complexity index is 621. The quantitative estimate of drug-likeness (QED) is 0.926. The lowest BCUT2D eigenvalue weighted by molar-refractivity contribution is 0.204. The maximum Gasteiger partial charge on any atom is 0.243 e. The highest BCUT2D eigenvalue weighted by Gasteiger charge is 2.36. The van der Waals surface area contributed by atoms with Crippen molar-refractivity contribution >= 4 is 21.6 Å². The third-order valence-corrected chi connectivity index (χ3v) is 6.79. The standard InChI is InChI=1S/C15H23ClN2O2S/c1-10-5-4-6-11(2)18(10)21(19,20)15-8-14(16)7-13(9-17)12(15)3/h7-8,10-11H,4-6,9,17H2,1-3H3/t10-,11+. The lowest BCUT2D eigenvalue weighted by Gasteiger charge is -2.38. The molecule has 1 aliphatic heterocycles. The molecule has 0 unspecified atom stereocenters. The summed E-state index contributed by atoms with van der Waals surface area (Å²) in [7, 11) is -3.55. The molecule has 1 aromatic rings. The van der Waals surface area contributed by atoms with Gasteiger partial charge in [-0.15, -0.1) is 0 Å². The molecular weight excluding hydrogens is 308 g/mol. The van der Waals surface area contributed by atoms with Crippen molar-refractivity contribution in [1.82, 2.24) is 4.31 Å². The van der Waals surface area contributed by atoms with Gasteiger partial charge < -0.3 is 5.73 Å². The summed E-state index contributed by atoms with van der Waals surface area (Å²) in [4.78, 5) is 0.288. The van der Waals surface area contributed by atoms with Crippen molar-refractivity contribution in [2.75, 3.05) is 0 Å². The minimum Gasteiger partial charge on any atom is -0.326 e. The first-order chi connectivity index (χ1) is 9.78. The number of nitrogens with zero attached hydrogens (tertiary/aromatic N) is 1. The van der Waals surface area contributed by atoms with E-state index in [2.05, 4.69) is 0 Å². The SMILES string of the molecule is Cc1c(CN)cc(Cl)cc1S(=O)(=O)N1[C@H](C)CCC[C@@H]1C. The molecule has 2 rings (SSSR count). The summed E-state index contributed by atoms with van der Waals surface area (Å²) in [6.45, 7) is 6.01. The summed E-state index contributed by atoms with van der Waals surface area (Å²) in [5, 5.41) is 0.414. The fourth-order valence-corrected chi connectivity index (χ4v) is 5.66. The molecule has 1 aliphatic rings. The van der Waals surface area contributed by atoms with E-state index in [1.165, 1.54) is 0 Å². The summed E-state index contributed by atoms with van der Waals surface area (Å²) >= 11 is 6.08. The zero-order chi connectivity index (χ0) is 15.8. The van der Waals surface area contributed by atoms with Crippen molar-refractivity contribution in [2.24, 2.45) is 5.73 Å². The highest BCUT2D eigenvalue weighted by atomic mass is 35.5. The highest BCUT2D eigenvalue weighted by Crippen LogP contribution is 2.33. The summed E-state index contributed by atoms with van der Waals surface area (Å²) < 4.78 is 27.8. The third-order valence-electron chi connectivity index (χ3n) is 4.32. The second kappa shape index (κ2) is 6.24. The molecule has 1 aromatic carbocycles. The zero-order valence-corrected chi connectivity index (χ0v) is 14.3. The summed E-state index contributed by atoms with van der Waals surface area (Å²) in [5.74, 6) is 0. The summed E-state index contributed by atoms with van der Waals surface area (Å²) in [6, 6.07) is 3.30. The van der Waals surface area contributed by atoms with E-state index in [1.807, 2.05) is 13.8 Å². The van der Waals surface area contributed by atoms with Crippen molar-refractivity contribution in [2.45, 2.75) is 63.6 Å². The monoisotopic (exact) mass is 330 g/mol. The molecule has 1 saturated heterocycles. The number of sulfonamides is 1. The van der Waals surface area contributed by atoms with Crippen LogP contribution in [0.5, 0.6) is 0 Å². The Balaban J connectivity index is 2.56. The Morgan fingerprint density at radius 2 is 1.86 bits per heavy atom. The molecule has 118 valence electrons. The number of benzene rings is 1. The second-order valence-corrected chi connectivity index (χ2v) is 8.10. The average molecular weight is 331 g/mol. The van der Waals surface area contributed by atoms with E-state index in [-0.39, 0.29) is 23.5 Å². The Kier molecular flexibility index (Phi) is 4.98. The molecule has 0 radical (unpaired) electrons. The molecule has 0 aromatic heterocycles. The first-order valence-corrected chi connectivity index (χ1v) is 9.13. The minimum atomic E-state index is -3.55. The molecule has 4 nitrogen and oxygen atoms in total. The van der Waals surface area contributed by atoms with Crippen LogP contribution in [0.25, 0.3) is 0 Å². The Labute approximate surface area is 132 Å². The van der Waals surface area contributed by atoms with Crippen LogP contribution in [0.15, 0.2) is 17.0 Å². The summed E-state index contributed by atoms with van der Waals surface area (Å²) in [5.41, 5.74) is 7.17. The van der Waals surface area contributed by atoms with E-state index < -0.39 is 10.0 Å². The minimum absolute atomic E-state index is 0.0125. The number of rotatable bonds is 3. The molecule has 1 heterocycles. The van der Waals surface area contributed by atoms with Gasteiger partial charge in [0.25, 0.3) is 0 Å². The summed E-state index contributed by atoms with van der Waals surface area (Å²) in [6.07, 6.45) is 2.86. The lowest BCUT2D eigenvalue weighted by atomic mass is 10.0. The van der Waals surface area contributed by atoms with Crippen LogP contribution in [0, 0.1) is 6.92 Å². The van der Waals surface area contributed by atoms with Gasteiger partial charge in [-0.05, 0) is 56.9 Å². The first kappa shape index (κ1) is 16.7. The van der Waals surface area contributed by atoms with Gasteiger partial charge >= 0.3 is 0 Å². The molecule has 21 heavy (non-hydrogen) atoms. The maximum atomic E-state index is 13.1. The molecule has 2 atom stereocenters. The first-order valence-electron chi connectivity index (χ1n) is 7.31. The largest absolute Gasteiger partial charge is 0.326 e. The van der Waals surface area contributed by atoms with Crippen LogP contribution in [0.4, 0.5) is 0 Å². The van der Waals surface area contributed by atoms with Crippen LogP contribution >= 0.6 is 11.6 Å². The van der Waals surface area contributed by atoms with Crippen LogP contribution in [0.1, 0.15) is 44.2 Å². The Morgan fingerprint density at radius 3 is 2.38 bits per heavy atom. The van der Waals surface area contributed by atoms with Gasteiger partial charge in [0.1, 0.15) is 0 Å². The van der Waals surface area contributed by atoms with Gasteiger partial charge in [0, 0.05) is 23.7 Å². The van der Waals surface area contributed by atoms with Gasteiger partial charge in [-0.2, -0.15) is 4.31 Å². The van der Waals surface area contributed by atoms with Gasteiger partial charge in [0.15, 0.2) is 0 Å². The highest BCUT2D eigenvalue weighted by molar-refractivity contribution is 7.89. The van der Waals surface area contributed by atoms with E-state index in [9.17, 15) is 8.42 Å². The average Bonchev–Trinajstić information content (AvgIpc) is 2.40. The maximum absolute atomic E-state index is 13.1. The Morgan fingerprint density at radius 1 is 1.29 bits per heavy atom. The van der Waals surface area contributed by atoms with Gasteiger partial charge in [-0.1, -0.05) is 18.0 Å². The predicted octanol–water partition coefficient (Wildman–Crippen LogP) is 3.06. The molecule has 0 spiro atoms. The fraction of sp³-hybridized carbons (Fsp3) is 0.600. The molecule has 0 amide bonds. The van der Waals surface area contributed by atoms with Gasteiger partial charge in [0.2, 0.25) is 10.0 Å². The van der Waals surface area contributed by atoms with Crippen LogP contribution < -0.4 is 5.73 Å². The van der Waals surface area contributed by atoms with E-state index in [0.717, 1.165) is 24.8 Å². The molecule has 0 saturated carbocycles. The van der Waals surface area contributed by atoms with E-state index in [4.69, 9.17) is 17.3 Å². The number of hydrogen-bond acceptors (Lipinski definition) is 3. The number of piperidine rings is 1. The zero-order valence-electron chi connectivity index (χ0n) is 12.8. The predicted molar refractivity (Wildman–Crippen MR) is 85.9 cm³/mol. The van der Waals surface area contributed by atoms with Crippen LogP contribution in [-0.4, -0.2) is 24.8 Å². The van der Waals surface area contributed by atoms with Crippen LogP contribution in [0.2, 0.25) is 5.02 Å². The molecule has 6 heteroatoms. The lowest BCUT2D eigenvalue weighted by Crippen LogP contribution is -2.47. The molecular formula is C15H23ClN2O2S.